The van der Waals surface area contributed by atoms with Crippen LogP contribution in [0.15, 0.2) is 34.0 Å². The van der Waals surface area contributed by atoms with Gasteiger partial charge in [0, 0.05) is 44.3 Å². The monoisotopic (exact) mass is 304 g/mol. The Hall–Kier alpha value is -1.99. The van der Waals surface area contributed by atoms with Crippen molar-refractivity contribution in [2.45, 2.75) is 6.54 Å². The molecule has 3 rings (SSSR count). The summed E-state index contributed by atoms with van der Waals surface area (Å²) in [6.07, 6.45) is 1.53. The maximum atomic E-state index is 12.3. The lowest BCUT2D eigenvalue weighted by Gasteiger charge is -2.34. The van der Waals surface area contributed by atoms with Gasteiger partial charge in [-0.1, -0.05) is 0 Å². The van der Waals surface area contributed by atoms with Crippen LogP contribution in [-0.2, 0) is 6.54 Å². The minimum Gasteiger partial charge on any atom is -0.336 e. The molecule has 0 aliphatic carbocycles. The fourth-order valence-corrected chi connectivity index (χ4v) is 2.96. The summed E-state index contributed by atoms with van der Waals surface area (Å²) in [7, 11) is 0. The number of carbonyl (C=O) groups is 1. The Morgan fingerprint density at radius 2 is 2.14 bits per heavy atom. The van der Waals surface area contributed by atoms with Gasteiger partial charge >= 0.3 is 0 Å². The maximum Gasteiger partial charge on any atom is 0.260 e. The minimum atomic E-state index is -0.326. The summed E-state index contributed by atoms with van der Waals surface area (Å²) in [5.41, 5.74) is 2.79. The number of amides is 1. The lowest BCUT2D eigenvalue weighted by atomic mass is 10.2. The zero-order valence-corrected chi connectivity index (χ0v) is 12.3. The van der Waals surface area contributed by atoms with Crippen LogP contribution in [0.5, 0.6) is 0 Å². The van der Waals surface area contributed by atoms with Gasteiger partial charge in [0.1, 0.15) is 5.56 Å². The standard InChI is InChI=1S/C14H16N4O2S/c19-13-12(2-1-3-15-13)14(20)18-6-4-17(5-7-18)8-11-9-21-10-16-11/h1-3,9-10H,4-8H2,(H,15,19). The van der Waals surface area contributed by atoms with Gasteiger partial charge in [-0.2, -0.15) is 0 Å². The number of piperazine rings is 1. The average molecular weight is 304 g/mol. The van der Waals surface area contributed by atoms with Gasteiger partial charge in [0.2, 0.25) is 0 Å². The van der Waals surface area contributed by atoms with Crippen LogP contribution < -0.4 is 5.56 Å². The van der Waals surface area contributed by atoms with Crippen LogP contribution in [0.3, 0.4) is 0 Å². The predicted molar refractivity (Wildman–Crippen MR) is 80.4 cm³/mol. The molecule has 1 aliphatic heterocycles. The molecular weight excluding hydrogens is 288 g/mol. The van der Waals surface area contributed by atoms with Crippen molar-refractivity contribution in [1.82, 2.24) is 19.8 Å². The highest BCUT2D eigenvalue weighted by molar-refractivity contribution is 7.07. The van der Waals surface area contributed by atoms with Gasteiger partial charge in [0.25, 0.3) is 11.5 Å². The lowest BCUT2D eigenvalue weighted by Crippen LogP contribution is -2.49. The van der Waals surface area contributed by atoms with Gasteiger partial charge < -0.3 is 9.88 Å². The molecule has 110 valence electrons. The van der Waals surface area contributed by atoms with Gasteiger partial charge in [0.05, 0.1) is 11.2 Å². The van der Waals surface area contributed by atoms with Crippen LogP contribution in [0.4, 0.5) is 0 Å². The Morgan fingerprint density at radius 3 is 2.81 bits per heavy atom. The Balaban J connectivity index is 1.59. The molecule has 0 aromatic carbocycles. The molecule has 0 bridgehead atoms. The summed E-state index contributed by atoms with van der Waals surface area (Å²) in [5.74, 6) is -0.190. The number of rotatable bonds is 3. The van der Waals surface area contributed by atoms with Crippen LogP contribution >= 0.6 is 11.3 Å². The van der Waals surface area contributed by atoms with Crippen molar-refractivity contribution < 1.29 is 4.79 Å². The summed E-state index contributed by atoms with van der Waals surface area (Å²) in [4.78, 5) is 34.8. The van der Waals surface area contributed by atoms with E-state index in [9.17, 15) is 9.59 Å². The molecule has 21 heavy (non-hydrogen) atoms. The molecule has 0 atom stereocenters. The zero-order valence-electron chi connectivity index (χ0n) is 11.5. The number of hydrogen-bond acceptors (Lipinski definition) is 5. The maximum absolute atomic E-state index is 12.3. The van der Waals surface area contributed by atoms with Crippen molar-refractivity contribution in [2.75, 3.05) is 26.2 Å². The predicted octanol–water partition coefficient (Wildman–Crippen LogP) is 0.789. The molecule has 7 heteroatoms. The van der Waals surface area contributed by atoms with E-state index in [1.807, 2.05) is 10.9 Å². The molecule has 2 aromatic rings. The fourth-order valence-electron chi connectivity index (χ4n) is 2.41. The zero-order chi connectivity index (χ0) is 14.7. The molecule has 0 spiro atoms. The lowest BCUT2D eigenvalue weighted by molar-refractivity contribution is 0.0625. The highest BCUT2D eigenvalue weighted by Crippen LogP contribution is 2.10. The summed E-state index contributed by atoms with van der Waals surface area (Å²) in [6, 6.07) is 3.25. The highest BCUT2D eigenvalue weighted by Gasteiger charge is 2.23. The molecule has 0 saturated carbocycles. The first-order valence-corrected chi connectivity index (χ1v) is 7.75. The molecule has 1 saturated heterocycles. The molecule has 1 fully saturated rings. The van der Waals surface area contributed by atoms with Crippen LogP contribution in [-0.4, -0.2) is 51.9 Å². The van der Waals surface area contributed by atoms with Crippen molar-refractivity contribution in [3.05, 3.63) is 50.8 Å². The van der Waals surface area contributed by atoms with Crippen LogP contribution in [0.2, 0.25) is 0 Å². The normalized spacial score (nSPS) is 16.1. The Morgan fingerprint density at radius 1 is 1.33 bits per heavy atom. The number of aromatic nitrogens is 2. The molecule has 6 nitrogen and oxygen atoms in total. The topological polar surface area (TPSA) is 69.3 Å². The van der Waals surface area contributed by atoms with E-state index < -0.39 is 0 Å². The number of hydrogen-bond donors (Lipinski definition) is 1. The molecule has 2 aromatic heterocycles. The summed E-state index contributed by atoms with van der Waals surface area (Å²) in [6.45, 7) is 3.69. The Bertz CT molecular complexity index is 660. The summed E-state index contributed by atoms with van der Waals surface area (Å²) >= 11 is 1.59. The second-order valence-electron chi connectivity index (χ2n) is 4.96. The molecule has 3 heterocycles. The van der Waals surface area contributed by atoms with E-state index in [4.69, 9.17) is 0 Å². The number of thiazole rings is 1. The quantitative estimate of drug-likeness (QED) is 0.910. The minimum absolute atomic E-state index is 0.190. The highest BCUT2D eigenvalue weighted by atomic mass is 32.1. The van der Waals surface area contributed by atoms with Crippen molar-refractivity contribution >= 4 is 17.2 Å². The first kappa shape index (κ1) is 14.0. The first-order valence-electron chi connectivity index (χ1n) is 6.80. The van der Waals surface area contributed by atoms with Gasteiger partial charge in [-0.15, -0.1) is 11.3 Å². The number of nitrogens with one attached hydrogen (secondary N) is 1. The van der Waals surface area contributed by atoms with E-state index in [0.717, 1.165) is 25.3 Å². The van der Waals surface area contributed by atoms with Crippen LogP contribution in [0, 0.1) is 0 Å². The smallest absolute Gasteiger partial charge is 0.260 e. The second-order valence-corrected chi connectivity index (χ2v) is 5.68. The Kier molecular flexibility index (Phi) is 4.12. The van der Waals surface area contributed by atoms with Crippen molar-refractivity contribution in [3.63, 3.8) is 0 Å². The first-order chi connectivity index (χ1) is 10.2. The second kappa shape index (κ2) is 6.19. The number of pyridine rings is 1. The van der Waals surface area contributed by atoms with Gasteiger partial charge in [-0.25, -0.2) is 4.98 Å². The third-order valence-electron chi connectivity index (χ3n) is 3.58. The van der Waals surface area contributed by atoms with Gasteiger partial charge in [0.15, 0.2) is 0 Å². The fraction of sp³-hybridized carbons (Fsp3) is 0.357. The number of H-pyrrole nitrogens is 1. The van der Waals surface area contributed by atoms with E-state index in [2.05, 4.69) is 14.9 Å². The molecule has 1 amide bonds. The molecule has 1 aliphatic rings. The van der Waals surface area contributed by atoms with Gasteiger partial charge in [-0.3, -0.25) is 14.5 Å². The SMILES string of the molecule is O=C(c1ccc[nH]c1=O)N1CCN(Cc2cscn2)CC1. The average Bonchev–Trinajstić information content (AvgIpc) is 3.01. The molecule has 0 unspecified atom stereocenters. The van der Waals surface area contributed by atoms with Crippen molar-refractivity contribution in [3.8, 4) is 0 Å². The van der Waals surface area contributed by atoms with E-state index in [1.165, 1.54) is 6.20 Å². The molecule has 1 N–H and O–H groups in total. The summed E-state index contributed by atoms with van der Waals surface area (Å²) in [5, 5.41) is 2.04. The van der Waals surface area contributed by atoms with E-state index >= 15 is 0 Å². The van der Waals surface area contributed by atoms with Gasteiger partial charge in [-0.05, 0) is 12.1 Å². The van der Waals surface area contributed by atoms with E-state index in [-0.39, 0.29) is 17.0 Å². The molecular formula is C14H16N4O2S. The van der Waals surface area contributed by atoms with Crippen molar-refractivity contribution in [2.24, 2.45) is 0 Å². The third kappa shape index (κ3) is 3.20. The molecule has 0 radical (unpaired) electrons. The summed E-state index contributed by atoms with van der Waals surface area (Å²) < 4.78 is 0. The Labute approximate surface area is 126 Å². The van der Waals surface area contributed by atoms with Crippen LogP contribution in [0.25, 0.3) is 0 Å². The third-order valence-corrected chi connectivity index (χ3v) is 4.21. The largest absolute Gasteiger partial charge is 0.336 e. The van der Waals surface area contributed by atoms with Crippen molar-refractivity contribution in [1.29, 1.82) is 0 Å². The van der Waals surface area contributed by atoms with E-state index in [0.29, 0.717) is 13.1 Å². The number of carbonyl (C=O) groups excluding carboxylic acids is 1. The number of aromatic amines is 1. The van der Waals surface area contributed by atoms with E-state index in [1.54, 1.807) is 28.4 Å². The number of nitrogens with zero attached hydrogens (tertiary/aromatic N) is 3. The van der Waals surface area contributed by atoms with Crippen LogP contribution in [0.1, 0.15) is 16.1 Å².